The second-order valence-electron chi connectivity index (χ2n) is 12.1. The van der Waals surface area contributed by atoms with Crippen molar-refractivity contribution in [1.82, 2.24) is 4.98 Å². The molecule has 0 aliphatic rings. The number of thiophene rings is 1. The lowest BCUT2D eigenvalue weighted by Crippen LogP contribution is -2.33. The van der Waals surface area contributed by atoms with Crippen molar-refractivity contribution in [2.45, 2.75) is 77.7 Å². The van der Waals surface area contributed by atoms with Crippen molar-refractivity contribution in [3.05, 3.63) is 79.9 Å². The molecule has 0 fully saturated rings. The van der Waals surface area contributed by atoms with E-state index in [1.54, 1.807) is 0 Å². The molecule has 4 aromatic rings. The van der Waals surface area contributed by atoms with Crippen LogP contribution in [0.3, 0.4) is 0 Å². The summed E-state index contributed by atoms with van der Waals surface area (Å²) in [6.45, 7) is 13.3. The maximum atomic E-state index is 11.5. The molecular formula is C39H48N6O5S2. The molecule has 2 heterocycles. The minimum absolute atomic E-state index is 0.266. The number of benzene rings is 2. The van der Waals surface area contributed by atoms with Crippen LogP contribution in [0, 0.1) is 0 Å². The third-order valence-electron chi connectivity index (χ3n) is 7.94. The van der Waals surface area contributed by atoms with Crippen LogP contribution in [-0.4, -0.2) is 49.3 Å². The molecule has 0 spiro atoms. The molecule has 2 aromatic carbocycles. The van der Waals surface area contributed by atoms with Gasteiger partial charge in [-0.05, 0) is 81.3 Å². The van der Waals surface area contributed by atoms with E-state index in [1.807, 2.05) is 61.5 Å². The summed E-state index contributed by atoms with van der Waals surface area (Å²) in [5.74, 6) is 0.0664. The molecule has 0 saturated carbocycles. The molecule has 1 atom stereocenters. The highest BCUT2D eigenvalue weighted by atomic mass is 32.1. The number of azo groups is 2. The summed E-state index contributed by atoms with van der Waals surface area (Å²) < 4.78 is 17.2. The first-order chi connectivity index (χ1) is 25.4. The molecule has 0 aliphatic carbocycles. The third-order valence-corrected chi connectivity index (χ3v) is 9.87. The number of anilines is 1. The molecular weight excluding hydrogens is 697 g/mol. The summed E-state index contributed by atoms with van der Waals surface area (Å²) in [7, 11) is 0. The summed E-state index contributed by atoms with van der Waals surface area (Å²) in [5.41, 5.74) is 2.47. The Kier molecular flexibility index (Phi) is 17.1. The van der Waals surface area contributed by atoms with Crippen LogP contribution >= 0.6 is 22.7 Å². The molecule has 0 bridgehead atoms. The zero-order chi connectivity index (χ0) is 37.0. The smallest absolute Gasteiger partial charge is 0.330 e. The van der Waals surface area contributed by atoms with E-state index in [-0.39, 0.29) is 12.1 Å². The van der Waals surface area contributed by atoms with Gasteiger partial charge in [0.2, 0.25) is 5.13 Å². The Bertz CT molecular complexity index is 1740. The van der Waals surface area contributed by atoms with Gasteiger partial charge >= 0.3 is 11.9 Å². The van der Waals surface area contributed by atoms with Crippen molar-refractivity contribution >= 4 is 71.3 Å². The molecule has 2 aromatic heterocycles. The van der Waals surface area contributed by atoms with Gasteiger partial charge in [0.1, 0.15) is 21.7 Å². The number of carbonyl (C=O) groups excluding carboxylic acids is 2. The van der Waals surface area contributed by atoms with Gasteiger partial charge in [-0.2, -0.15) is 0 Å². The molecule has 1 unspecified atom stereocenters. The molecule has 52 heavy (non-hydrogen) atoms. The Labute approximate surface area is 314 Å². The maximum absolute atomic E-state index is 11.5. The van der Waals surface area contributed by atoms with Crippen LogP contribution in [0.2, 0.25) is 0 Å². The number of thiazole rings is 1. The second kappa shape index (κ2) is 22.2. The first-order valence-corrected chi connectivity index (χ1v) is 19.4. The van der Waals surface area contributed by atoms with Gasteiger partial charge in [0.15, 0.2) is 0 Å². The normalized spacial score (nSPS) is 12.0. The van der Waals surface area contributed by atoms with E-state index >= 15 is 0 Å². The van der Waals surface area contributed by atoms with Crippen molar-refractivity contribution < 1.29 is 23.8 Å². The fraction of sp³-hybridized carbons (Fsp3) is 0.410. The molecule has 11 nitrogen and oxygen atoms in total. The van der Waals surface area contributed by atoms with Gasteiger partial charge in [0.25, 0.3) is 0 Å². The zero-order valence-corrected chi connectivity index (χ0v) is 31.7. The standard InChI is InChI=1S/C39H48N6O5S2/c1-5-36(46)49-26-16-14-12-10-8-9-11-13-15-25-48-33-23-19-31(20-24-33)41-43-35-27-34-38(52-35)40-39(51-34)44-42-30-17-21-32(22-18-30)45(7-3)28-29(4)50-37(47)6-2/h5-6,17-24,27,29H,1-2,7-16,25-26,28H2,3-4H3. The van der Waals surface area contributed by atoms with E-state index in [9.17, 15) is 9.59 Å². The Morgan fingerprint density at radius 3 is 2.00 bits per heavy atom. The number of ether oxygens (including phenoxy) is 3. The van der Waals surface area contributed by atoms with E-state index in [4.69, 9.17) is 14.2 Å². The van der Waals surface area contributed by atoms with Crippen LogP contribution < -0.4 is 9.64 Å². The van der Waals surface area contributed by atoms with E-state index in [1.165, 1.54) is 66.9 Å². The highest BCUT2D eigenvalue weighted by molar-refractivity contribution is 7.30. The summed E-state index contributed by atoms with van der Waals surface area (Å²) in [6, 6.07) is 17.4. The number of hydrogen-bond acceptors (Lipinski definition) is 13. The Morgan fingerprint density at radius 1 is 0.788 bits per heavy atom. The quantitative estimate of drug-likeness (QED) is 0.0302. The molecule has 0 amide bonds. The van der Waals surface area contributed by atoms with E-state index < -0.39 is 5.97 Å². The van der Waals surface area contributed by atoms with E-state index in [2.05, 4.69) is 50.4 Å². The fourth-order valence-corrected chi connectivity index (χ4v) is 7.07. The predicted octanol–water partition coefficient (Wildman–Crippen LogP) is 11.8. The molecule has 0 radical (unpaired) electrons. The second-order valence-corrected chi connectivity index (χ2v) is 14.1. The zero-order valence-electron chi connectivity index (χ0n) is 30.1. The van der Waals surface area contributed by atoms with Gasteiger partial charge in [-0.1, -0.05) is 80.8 Å². The summed E-state index contributed by atoms with van der Waals surface area (Å²) >= 11 is 2.91. The number of hydrogen-bond donors (Lipinski definition) is 0. The maximum Gasteiger partial charge on any atom is 0.330 e. The van der Waals surface area contributed by atoms with Crippen LogP contribution in [0.25, 0.3) is 9.53 Å². The van der Waals surface area contributed by atoms with Crippen molar-refractivity contribution in [3.8, 4) is 5.75 Å². The fourth-order valence-electron chi connectivity index (χ4n) is 5.22. The predicted molar refractivity (Wildman–Crippen MR) is 211 cm³/mol. The van der Waals surface area contributed by atoms with E-state index in [0.717, 1.165) is 63.9 Å². The molecule has 0 saturated heterocycles. The number of nitrogens with zero attached hydrogens (tertiary/aromatic N) is 6. The lowest BCUT2D eigenvalue weighted by molar-refractivity contribution is -0.141. The Morgan fingerprint density at radius 2 is 1.38 bits per heavy atom. The van der Waals surface area contributed by atoms with Crippen LogP contribution in [0.5, 0.6) is 5.75 Å². The first kappa shape index (κ1) is 40.0. The largest absolute Gasteiger partial charge is 0.494 e. The number of esters is 2. The number of likely N-dealkylation sites (N-methyl/N-ethyl adjacent to an activating group) is 1. The first-order valence-electron chi connectivity index (χ1n) is 17.8. The van der Waals surface area contributed by atoms with Gasteiger partial charge < -0.3 is 19.1 Å². The van der Waals surface area contributed by atoms with Crippen molar-refractivity contribution in [3.63, 3.8) is 0 Å². The molecule has 0 N–H and O–H groups in total. The van der Waals surface area contributed by atoms with Gasteiger partial charge in [-0.25, -0.2) is 14.6 Å². The van der Waals surface area contributed by atoms with Crippen LogP contribution in [0.1, 0.15) is 71.6 Å². The molecule has 13 heteroatoms. The highest BCUT2D eigenvalue weighted by Gasteiger charge is 2.13. The minimum Gasteiger partial charge on any atom is -0.494 e. The van der Waals surface area contributed by atoms with Crippen molar-refractivity contribution in [1.29, 1.82) is 0 Å². The number of carbonyl (C=O) groups is 2. The summed E-state index contributed by atoms with van der Waals surface area (Å²) in [5, 5.41) is 18.9. The number of fused-ring (bicyclic) bond motifs is 1. The van der Waals surface area contributed by atoms with Gasteiger partial charge in [-0.3, -0.25) is 0 Å². The SMILES string of the molecule is C=CC(=O)OCCCCCCCCCCCOc1ccc(N=Nc2cc3sc(N=Nc4ccc(N(CC)CC(C)OC(=O)C=C)cc4)nc3s2)cc1. The monoisotopic (exact) mass is 744 g/mol. The highest BCUT2D eigenvalue weighted by Crippen LogP contribution is 2.39. The molecule has 4 rings (SSSR count). The topological polar surface area (TPSA) is 127 Å². The van der Waals surface area contributed by atoms with Gasteiger partial charge in [-0.15, -0.1) is 20.5 Å². The lowest BCUT2D eigenvalue weighted by atomic mass is 10.1. The van der Waals surface area contributed by atoms with E-state index in [0.29, 0.717) is 30.6 Å². The molecule has 276 valence electrons. The minimum atomic E-state index is -0.425. The third kappa shape index (κ3) is 14.1. The lowest BCUT2D eigenvalue weighted by Gasteiger charge is -2.26. The molecule has 0 aliphatic heterocycles. The summed E-state index contributed by atoms with van der Waals surface area (Å²) in [6.07, 6.45) is 12.4. The Hall–Kier alpha value is -4.75. The number of unbranched alkanes of at least 4 members (excludes halogenated alkanes) is 8. The average molecular weight is 745 g/mol. The van der Waals surface area contributed by atoms with Gasteiger partial charge in [0.05, 0.1) is 35.8 Å². The van der Waals surface area contributed by atoms with Crippen molar-refractivity contribution in [2.75, 3.05) is 31.2 Å². The number of aromatic nitrogens is 1. The average Bonchev–Trinajstić information content (AvgIpc) is 3.73. The Balaban J connectivity index is 1.13. The van der Waals surface area contributed by atoms with Crippen LogP contribution in [0.15, 0.2) is 100 Å². The number of rotatable bonds is 24. The van der Waals surface area contributed by atoms with Crippen LogP contribution in [-0.2, 0) is 19.1 Å². The van der Waals surface area contributed by atoms with Crippen LogP contribution in [0.4, 0.5) is 27.2 Å². The van der Waals surface area contributed by atoms with Crippen molar-refractivity contribution in [2.24, 2.45) is 20.5 Å². The van der Waals surface area contributed by atoms with Gasteiger partial charge in [0, 0.05) is 24.4 Å². The summed E-state index contributed by atoms with van der Waals surface area (Å²) in [4.78, 5) is 30.1.